The van der Waals surface area contributed by atoms with Crippen LogP contribution in [0.15, 0.2) is 24.3 Å². The predicted octanol–water partition coefficient (Wildman–Crippen LogP) is 1.34. The molecule has 2 rings (SSSR count). The molecular formula is C15H18F3N3O4S. The number of carbonyl (C=O) groups excluding carboxylic acids is 2. The smallest absolute Gasteiger partial charge is 0.343 e. The number of hydrogen-bond acceptors (Lipinski definition) is 4. The number of sulfonamides is 1. The van der Waals surface area contributed by atoms with E-state index in [1.807, 2.05) is 0 Å². The summed E-state index contributed by atoms with van der Waals surface area (Å²) < 4.78 is 61.0. The standard InChI is InChI=1S/C15H18F3N3O4S/c1-26(24,25)21-7-3-6-12(21)14(23)20-11-5-2-4-10(8-11)13(22)19-9-15(16,17)18/h2,4-5,8,12H,3,6-7,9H2,1H3,(H,19,22)(H,20,23). The Morgan fingerprint density at radius 1 is 1.31 bits per heavy atom. The number of benzene rings is 1. The number of nitrogens with zero attached hydrogens (tertiary/aromatic N) is 1. The highest BCUT2D eigenvalue weighted by Crippen LogP contribution is 2.22. The maximum absolute atomic E-state index is 12.3. The molecule has 1 aliphatic heterocycles. The van der Waals surface area contributed by atoms with Crippen LogP contribution in [0.3, 0.4) is 0 Å². The Labute approximate surface area is 148 Å². The number of carbonyl (C=O) groups is 2. The minimum atomic E-state index is -4.53. The van der Waals surface area contributed by atoms with Gasteiger partial charge in [0.05, 0.1) is 6.26 Å². The Kier molecular flexibility index (Phi) is 5.91. The van der Waals surface area contributed by atoms with Crippen LogP contribution in [-0.4, -0.2) is 56.1 Å². The molecule has 1 fully saturated rings. The zero-order valence-corrected chi connectivity index (χ0v) is 14.7. The summed E-state index contributed by atoms with van der Waals surface area (Å²) in [5.74, 6) is -1.49. The minimum Gasteiger partial charge on any atom is -0.343 e. The van der Waals surface area contributed by atoms with Gasteiger partial charge in [0.15, 0.2) is 0 Å². The minimum absolute atomic E-state index is 0.0570. The fourth-order valence-corrected chi connectivity index (χ4v) is 3.77. The van der Waals surface area contributed by atoms with Crippen molar-refractivity contribution in [2.75, 3.05) is 24.7 Å². The molecule has 0 aromatic heterocycles. The van der Waals surface area contributed by atoms with Gasteiger partial charge in [0.2, 0.25) is 15.9 Å². The van der Waals surface area contributed by atoms with Crippen molar-refractivity contribution in [2.24, 2.45) is 0 Å². The highest BCUT2D eigenvalue weighted by Gasteiger charge is 2.36. The Morgan fingerprint density at radius 3 is 2.62 bits per heavy atom. The van der Waals surface area contributed by atoms with Crippen LogP contribution in [0.5, 0.6) is 0 Å². The van der Waals surface area contributed by atoms with Crippen molar-refractivity contribution in [3.63, 3.8) is 0 Å². The van der Waals surface area contributed by atoms with Gasteiger partial charge in [-0.1, -0.05) is 6.07 Å². The van der Waals surface area contributed by atoms with Crippen LogP contribution in [-0.2, 0) is 14.8 Å². The van der Waals surface area contributed by atoms with Crippen LogP contribution in [0.4, 0.5) is 18.9 Å². The molecule has 1 aromatic carbocycles. The largest absolute Gasteiger partial charge is 0.405 e. The van der Waals surface area contributed by atoms with Gasteiger partial charge in [-0.25, -0.2) is 8.42 Å². The van der Waals surface area contributed by atoms with Gasteiger partial charge >= 0.3 is 6.18 Å². The van der Waals surface area contributed by atoms with Gasteiger partial charge in [-0.2, -0.15) is 17.5 Å². The molecule has 0 bridgehead atoms. The normalized spacial score (nSPS) is 18.5. The van der Waals surface area contributed by atoms with Gasteiger partial charge < -0.3 is 10.6 Å². The van der Waals surface area contributed by atoms with Crippen molar-refractivity contribution >= 4 is 27.5 Å². The van der Waals surface area contributed by atoms with E-state index in [4.69, 9.17) is 0 Å². The summed E-state index contributed by atoms with van der Waals surface area (Å²) in [7, 11) is -3.53. The molecule has 0 radical (unpaired) electrons. The number of halogens is 3. The van der Waals surface area contributed by atoms with E-state index in [9.17, 15) is 31.2 Å². The van der Waals surface area contributed by atoms with Gasteiger partial charge in [-0.05, 0) is 31.0 Å². The van der Waals surface area contributed by atoms with Gasteiger partial charge in [0.25, 0.3) is 5.91 Å². The van der Waals surface area contributed by atoms with Crippen LogP contribution in [0.1, 0.15) is 23.2 Å². The van der Waals surface area contributed by atoms with Crippen LogP contribution >= 0.6 is 0 Å². The molecule has 0 saturated carbocycles. The molecule has 0 aliphatic carbocycles. The number of rotatable bonds is 5. The molecule has 144 valence electrons. The summed E-state index contributed by atoms with van der Waals surface area (Å²) in [6.45, 7) is -1.22. The second kappa shape index (κ2) is 7.62. The Hall–Kier alpha value is -2.14. The lowest BCUT2D eigenvalue weighted by Gasteiger charge is -2.21. The zero-order valence-electron chi connectivity index (χ0n) is 13.8. The maximum atomic E-state index is 12.3. The van der Waals surface area contributed by atoms with E-state index >= 15 is 0 Å². The summed E-state index contributed by atoms with van der Waals surface area (Å²) >= 11 is 0. The van der Waals surface area contributed by atoms with E-state index in [2.05, 4.69) is 5.32 Å². The van der Waals surface area contributed by atoms with Crippen molar-refractivity contribution in [1.82, 2.24) is 9.62 Å². The third kappa shape index (κ3) is 5.43. The summed E-state index contributed by atoms with van der Waals surface area (Å²) in [6, 6.07) is 4.54. The van der Waals surface area contributed by atoms with Gasteiger partial charge in [0, 0.05) is 17.8 Å². The molecule has 1 aliphatic rings. The summed E-state index contributed by atoms with van der Waals surface area (Å²) in [4.78, 5) is 24.1. The van der Waals surface area contributed by atoms with Crippen LogP contribution in [0.25, 0.3) is 0 Å². The highest BCUT2D eigenvalue weighted by atomic mass is 32.2. The van der Waals surface area contributed by atoms with E-state index in [0.717, 1.165) is 10.6 Å². The molecule has 26 heavy (non-hydrogen) atoms. The fourth-order valence-electron chi connectivity index (χ4n) is 2.65. The lowest BCUT2D eigenvalue weighted by Crippen LogP contribution is -2.42. The summed E-state index contributed by atoms with van der Waals surface area (Å²) in [5.41, 5.74) is 0.133. The van der Waals surface area contributed by atoms with E-state index in [1.54, 1.807) is 5.32 Å². The fraction of sp³-hybridized carbons (Fsp3) is 0.467. The molecular weight excluding hydrogens is 375 g/mol. The van der Waals surface area contributed by atoms with Crippen LogP contribution in [0.2, 0.25) is 0 Å². The molecule has 1 aromatic rings. The van der Waals surface area contributed by atoms with Crippen molar-refractivity contribution in [1.29, 1.82) is 0 Å². The quantitative estimate of drug-likeness (QED) is 0.789. The van der Waals surface area contributed by atoms with Crippen molar-refractivity contribution < 1.29 is 31.2 Å². The monoisotopic (exact) mass is 393 g/mol. The molecule has 1 atom stereocenters. The third-order valence-electron chi connectivity index (χ3n) is 3.77. The van der Waals surface area contributed by atoms with Crippen LogP contribution < -0.4 is 10.6 Å². The SMILES string of the molecule is CS(=O)(=O)N1CCCC1C(=O)Nc1cccc(C(=O)NCC(F)(F)F)c1. The Bertz CT molecular complexity index is 796. The first-order valence-electron chi connectivity index (χ1n) is 7.70. The molecule has 1 heterocycles. The first kappa shape index (κ1) is 20.2. The molecule has 2 amide bonds. The van der Waals surface area contributed by atoms with Crippen molar-refractivity contribution in [2.45, 2.75) is 25.1 Å². The number of amides is 2. The molecule has 2 N–H and O–H groups in total. The molecule has 7 nitrogen and oxygen atoms in total. The second-order valence-electron chi connectivity index (χ2n) is 5.90. The van der Waals surface area contributed by atoms with Crippen LogP contribution in [0, 0.1) is 0 Å². The topological polar surface area (TPSA) is 95.6 Å². The van der Waals surface area contributed by atoms with Crippen molar-refractivity contribution in [3.05, 3.63) is 29.8 Å². The van der Waals surface area contributed by atoms with Gasteiger partial charge in [0.1, 0.15) is 12.6 Å². The lowest BCUT2D eigenvalue weighted by molar-refractivity contribution is -0.123. The summed E-state index contributed by atoms with van der Waals surface area (Å²) in [6.07, 6.45) is -2.60. The Balaban J connectivity index is 2.06. The van der Waals surface area contributed by atoms with Crippen molar-refractivity contribution in [3.8, 4) is 0 Å². The van der Waals surface area contributed by atoms with E-state index < -0.39 is 40.6 Å². The Morgan fingerprint density at radius 2 is 2.00 bits per heavy atom. The second-order valence-corrected chi connectivity index (χ2v) is 7.83. The number of anilines is 1. The maximum Gasteiger partial charge on any atom is 0.405 e. The first-order chi connectivity index (χ1) is 12.0. The van der Waals surface area contributed by atoms with E-state index in [-0.39, 0.29) is 17.8 Å². The predicted molar refractivity (Wildman–Crippen MR) is 88.0 cm³/mol. The van der Waals surface area contributed by atoms with Gasteiger partial charge in [-0.15, -0.1) is 0 Å². The molecule has 0 spiro atoms. The molecule has 11 heteroatoms. The zero-order chi connectivity index (χ0) is 19.5. The first-order valence-corrected chi connectivity index (χ1v) is 9.55. The molecule has 1 unspecified atom stereocenters. The van der Waals surface area contributed by atoms with E-state index in [0.29, 0.717) is 12.8 Å². The lowest BCUT2D eigenvalue weighted by atomic mass is 10.1. The van der Waals surface area contributed by atoms with E-state index in [1.165, 1.54) is 24.3 Å². The average molecular weight is 393 g/mol. The number of alkyl halides is 3. The average Bonchev–Trinajstić information content (AvgIpc) is 3.02. The highest BCUT2D eigenvalue weighted by molar-refractivity contribution is 7.88. The van der Waals surface area contributed by atoms with Gasteiger partial charge in [-0.3, -0.25) is 9.59 Å². The third-order valence-corrected chi connectivity index (χ3v) is 5.06. The number of nitrogens with one attached hydrogen (secondary N) is 2. The summed E-state index contributed by atoms with van der Waals surface area (Å²) in [5, 5.41) is 4.24. The molecule has 1 saturated heterocycles. The number of hydrogen-bond donors (Lipinski definition) is 2.